The van der Waals surface area contributed by atoms with Gasteiger partial charge in [0, 0.05) is 12.6 Å². The Labute approximate surface area is 187 Å². The van der Waals surface area contributed by atoms with Crippen molar-refractivity contribution in [2.45, 2.75) is 24.4 Å². The van der Waals surface area contributed by atoms with Crippen molar-refractivity contribution < 1.29 is 14.7 Å². The zero-order chi connectivity index (χ0) is 23.0. The van der Waals surface area contributed by atoms with Crippen molar-refractivity contribution in [2.75, 3.05) is 5.32 Å². The Morgan fingerprint density at radius 3 is 2.72 bits per heavy atom. The molecular weight excluding hydrogens is 458 g/mol. The molecule has 4 N–H and O–H groups in total. The largest absolute Gasteiger partial charge is 0.477 e. The van der Waals surface area contributed by atoms with Crippen LogP contribution in [0.5, 0.6) is 0 Å². The van der Waals surface area contributed by atoms with Crippen LogP contribution in [0.1, 0.15) is 33.9 Å². The second kappa shape index (κ2) is 8.35. The molecule has 1 aromatic carbocycles. The number of benzene rings is 1. The zero-order valence-corrected chi connectivity index (χ0v) is 18.2. The molecule has 0 saturated heterocycles. The average Bonchev–Trinajstić information content (AvgIpc) is 3.31. The number of carboxylic acids is 1. The number of aromatic carboxylic acids is 1. The number of thioether (sulfide) groups is 1. The molecule has 0 aliphatic carbocycles. The van der Waals surface area contributed by atoms with Gasteiger partial charge in [-0.25, -0.2) is 9.78 Å². The third kappa shape index (κ3) is 4.15. The van der Waals surface area contributed by atoms with Crippen molar-refractivity contribution in [3.8, 4) is 0 Å². The van der Waals surface area contributed by atoms with Crippen LogP contribution in [0.3, 0.4) is 0 Å². The maximum absolute atomic E-state index is 12.6. The van der Waals surface area contributed by atoms with Crippen LogP contribution in [0, 0.1) is 11.7 Å². The standard InChI is InChI=1S/C17H15N9O4S2/c1-7-11(14(29)30)12(28)25-15(18-7)20-17(23-25)32-13(26-22-16(31)21-24-26)9-4-3-5-10(6-9)19-8(2)27/h3-6,13H,1-2H3,(H,19,27)(H,22,31)(H,29,30)(H,18,20,23). The summed E-state index contributed by atoms with van der Waals surface area (Å²) in [6.07, 6.45) is 0. The van der Waals surface area contributed by atoms with Gasteiger partial charge in [-0.15, -0.1) is 0 Å². The van der Waals surface area contributed by atoms with Crippen molar-refractivity contribution in [1.82, 2.24) is 39.8 Å². The van der Waals surface area contributed by atoms with Crippen LogP contribution in [0.15, 0.2) is 34.2 Å². The molecule has 0 spiro atoms. The third-order valence-electron chi connectivity index (χ3n) is 4.25. The smallest absolute Gasteiger partial charge is 0.343 e. The number of anilines is 1. The molecule has 0 radical (unpaired) electrons. The SMILES string of the molecule is CC(=O)Nc1cccc(C(Sc2nc3nc(C)c(C(=O)O)c(=O)n3[nH]2)n2nnc(=S)[nH]2)c1. The molecule has 1 amide bonds. The summed E-state index contributed by atoms with van der Waals surface area (Å²) >= 11 is 6.17. The number of carbonyl (C=O) groups is 2. The second-order valence-electron chi connectivity index (χ2n) is 6.57. The molecule has 4 rings (SSSR count). The number of hydrogen-bond acceptors (Lipinski definition) is 9. The van der Waals surface area contributed by atoms with Crippen LogP contribution in [0.2, 0.25) is 0 Å². The number of fused-ring (bicyclic) bond motifs is 1. The van der Waals surface area contributed by atoms with Gasteiger partial charge in [-0.1, -0.05) is 29.0 Å². The first-order chi connectivity index (χ1) is 15.2. The molecule has 13 nitrogen and oxygen atoms in total. The van der Waals surface area contributed by atoms with E-state index in [0.717, 1.165) is 16.3 Å². The summed E-state index contributed by atoms with van der Waals surface area (Å²) in [7, 11) is 0. The van der Waals surface area contributed by atoms with E-state index in [4.69, 9.17) is 12.2 Å². The fourth-order valence-corrected chi connectivity index (χ4v) is 4.07. The summed E-state index contributed by atoms with van der Waals surface area (Å²) in [5.74, 6) is -1.57. The highest BCUT2D eigenvalue weighted by atomic mass is 32.2. The van der Waals surface area contributed by atoms with E-state index in [1.165, 1.54) is 18.6 Å². The first-order valence-electron chi connectivity index (χ1n) is 9.01. The topological polar surface area (TPSA) is 176 Å². The molecule has 15 heteroatoms. The van der Waals surface area contributed by atoms with Crippen molar-refractivity contribution in [3.63, 3.8) is 0 Å². The van der Waals surface area contributed by atoms with E-state index in [2.05, 4.69) is 35.8 Å². The lowest BCUT2D eigenvalue weighted by atomic mass is 10.2. The van der Waals surface area contributed by atoms with Crippen LogP contribution < -0.4 is 10.9 Å². The summed E-state index contributed by atoms with van der Waals surface area (Å²) in [6, 6.07) is 7.04. The van der Waals surface area contributed by atoms with Gasteiger partial charge in [0.2, 0.25) is 10.7 Å². The number of aromatic amines is 2. The lowest BCUT2D eigenvalue weighted by molar-refractivity contribution is -0.114. The highest BCUT2D eigenvalue weighted by Gasteiger charge is 2.23. The molecule has 0 bridgehead atoms. The maximum atomic E-state index is 12.6. The second-order valence-corrected chi connectivity index (χ2v) is 8.03. The van der Waals surface area contributed by atoms with Gasteiger partial charge in [-0.05, 0) is 42.1 Å². The van der Waals surface area contributed by atoms with Gasteiger partial charge in [0.05, 0.1) is 5.69 Å². The maximum Gasteiger partial charge on any atom is 0.343 e. The predicted octanol–water partition coefficient (Wildman–Crippen LogP) is 1.37. The van der Waals surface area contributed by atoms with Gasteiger partial charge in [-0.3, -0.25) is 19.8 Å². The molecule has 0 aliphatic rings. The van der Waals surface area contributed by atoms with Crippen LogP contribution in [-0.2, 0) is 4.79 Å². The molecule has 1 atom stereocenters. The molecular formula is C17H15N9O4S2. The Kier molecular flexibility index (Phi) is 5.58. The number of rotatable bonds is 6. The Hall–Kier alpha value is -3.85. The molecule has 4 aromatic rings. The monoisotopic (exact) mass is 473 g/mol. The predicted molar refractivity (Wildman–Crippen MR) is 115 cm³/mol. The minimum atomic E-state index is -1.37. The van der Waals surface area contributed by atoms with E-state index in [9.17, 15) is 19.5 Å². The molecule has 32 heavy (non-hydrogen) atoms. The van der Waals surface area contributed by atoms with E-state index in [1.807, 2.05) is 0 Å². The fraction of sp³-hybridized carbons (Fsp3) is 0.176. The molecule has 0 saturated carbocycles. The summed E-state index contributed by atoms with van der Waals surface area (Å²) in [4.78, 5) is 45.2. The van der Waals surface area contributed by atoms with Gasteiger partial charge < -0.3 is 10.4 Å². The Balaban J connectivity index is 1.79. The molecule has 0 aliphatic heterocycles. The first-order valence-corrected chi connectivity index (χ1v) is 10.3. The van der Waals surface area contributed by atoms with Gasteiger partial charge in [0.25, 0.3) is 11.3 Å². The minimum absolute atomic E-state index is 0.0253. The first kappa shape index (κ1) is 21.4. The molecule has 3 heterocycles. The zero-order valence-electron chi connectivity index (χ0n) is 16.6. The summed E-state index contributed by atoms with van der Waals surface area (Å²) < 4.78 is 1.13. The number of hydrogen-bond donors (Lipinski definition) is 4. The number of carboxylic acid groups (broad SMARTS) is 1. The van der Waals surface area contributed by atoms with Crippen molar-refractivity contribution >= 4 is 47.3 Å². The van der Waals surface area contributed by atoms with Gasteiger partial charge >= 0.3 is 5.97 Å². The Morgan fingerprint density at radius 2 is 2.06 bits per heavy atom. The summed E-state index contributed by atoms with van der Waals surface area (Å²) in [6.45, 7) is 2.83. The van der Waals surface area contributed by atoms with Crippen LogP contribution in [-0.4, -0.2) is 56.8 Å². The van der Waals surface area contributed by atoms with Crippen LogP contribution >= 0.6 is 24.0 Å². The highest BCUT2D eigenvalue weighted by molar-refractivity contribution is 7.99. The number of amides is 1. The number of nitrogens with zero attached hydrogens (tertiary/aromatic N) is 6. The number of nitrogens with one attached hydrogen (secondary N) is 3. The minimum Gasteiger partial charge on any atom is -0.477 e. The van der Waals surface area contributed by atoms with Crippen molar-refractivity contribution in [2.24, 2.45) is 0 Å². The van der Waals surface area contributed by atoms with Gasteiger partial charge in [-0.2, -0.15) is 14.3 Å². The molecule has 1 unspecified atom stereocenters. The van der Waals surface area contributed by atoms with Crippen LogP contribution in [0.25, 0.3) is 5.78 Å². The Bertz CT molecular complexity index is 1470. The van der Waals surface area contributed by atoms with Gasteiger partial charge in [0.15, 0.2) is 5.16 Å². The van der Waals surface area contributed by atoms with E-state index in [0.29, 0.717) is 11.3 Å². The number of carbonyl (C=O) groups excluding carboxylic acids is 1. The molecule has 0 fully saturated rings. The summed E-state index contributed by atoms with van der Waals surface area (Å²) in [5, 5.41) is 25.1. The van der Waals surface area contributed by atoms with E-state index in [1.54, 1.807) is 24.3 Å². The highest BCUT2D eigenvalue weighted by Crippen LogP contribution is 2.34. The number of H-pyrrole nitrogens is 2. The lowest BCUT2D eigenvalue weighted by Gasteiger charge is -2.16. The average molecular weight is 474 g/mol. The number of aryl methyl sites for hydroxylation is 1. The van der Waals surface area contributed by atoms with E-state index >= 15 is 0 Å². The van der Waals surface area contributed by atoms with Crippen molar-refractivity contribution in [3.05, 3.63) is 56.2 Å². The number of aromatic nitrogens is 8. The van der Waals surface area contributed by atoms with Crippen LogP contribution in [0.4, 0.5) is 5.69 Å². The van der Waals surface area contributed by atoms with Gasteiger partial charge in [0.1, 0.15) is 10.9 Å². The van der Waals surface area contributed by atoms with Crippen molar-refractivity contribution in [1.29, 1.82) is 0 Å². The number of tetrazole rings is 1. The quantitative estimate of drug-likeness (QED) is 0.236. The normalized spacial score (nSPS) is 12.1. The molecule has 164 valence electrons. The third-order valence-corrected chi connectivity index (χ3v) is 5.52. The fourth-order valence-electron chi connectivity index (χ4n) is 2.97. The van der Waals surface area contributed by atoms with E-state index < -0.39 is 22.5 Å². The Morgan fingerprint density at radius 1 is 1.28 bits per heavy atom. The summed E-state index contributed by atoms with van der Waals surface area (Å²) in [5.41, 5.74) is 0.126. The molecule has 3 aromatic heterocycles. The lowest BCUT2D eigenvalue weighted by Crippen LogP contribution is -2.25. The van der Waals surface area contributed by atoms with E-state index in [-0.39, 0.29) is 27.3 Å².